The van der Waals surface area contributed by atoms with Crippen LogP contribution < -0.4 is 10.6 Å². The molecule has 3 aromatic rings. The van der Waals surface area contributed by atoms with E-state index in [-0.39, 0.29) is 18.4 Å². The Bertz CT molecular complexity index is 1220. The zero-order valence-electron chi connectivity index (χ0n) is 23.4. The minimum atomic E-state index is -0.700. The predicted octanol–water partition coefficient (Wildman–Crippen LogP) is 4.85. The number of benzene rings is 3. The van der Waals surface area contributed by atoms with Gasteiger partial charge in [-0.2, -0.15) is 0 Å². The quantitative estimate of drug-likeness (QED) is 0.393. The summed E-state index contributed by atoms with van der Waals surface area (Å²) in [6.45, 7) is 5.43. The third kappa shape index (κ3) is 8.99. The lowest BCUT2D eigenvalue weighted by atomic mass is 9.94. The van der Waals surface area contributed by atoms with Crippen molar-refractivity contribution in [2.24, 2.45) is 5.92 Å². The van der Waals surface area contributed by atoms with Crippen molar-refractivity contribution in [3.63, 3.8) is 0 Å². The first kappa shape index (κ1) is 29.4. The molecule has 0 aliphatic carbocycles. The van der Waals surface area contributed by atoms with Crippen LogP contribution in [0.3, 0.4) is 0 Å². The van der Waals surface area contributed by atoms with E-state index < -0.39 is 23.7 Å². The van der Waals surface area contributed by atoms with E-state index in [1.807, 2.05) is 84.9 Å². The molecule has 7 nitrogen and oxygen atoms in total. The molecular formula is C32H39N3O4. The van der Waals surface area contributed by atoms with Gasteiger partial charge in [0.2, 0.25) is 11.8 Å². The van der Waals surface area contributed by atoms with E-state index in [4.69, 9.17) is 4.74 Å². The fourth-order valence-corrected chi connectivity index (χ4v) is 4.37. The Kier molecular flexibility index (Phi) is 10.3. The first-order valence-corrected chi connectivity index (χ1v) is 13.2. The van der Waals surface area contributed by atoms with Crippen LogP contribution in [0, 0.1) is 5.92 Å². The number of carbonyl (C=O) groups excluding carboxylic acids is 3. The van der Waals surface area contributed by atoms with E-state index >= 15 is 0 Å². The average Bonchev–Trinajstić information content (AvgIpc) is 2.93. The van der Waals surface area contributed by atoms with Gasteiger partial charge in [0.1, 0.15) is 11.6 Å². The number of nitrogens with one attached hydrogen (secondary N) is 2. The van der Waals surface area contributed by atoms with E-state index in [2.05, 4.69) is 10.6 Å². The van der Waals surface area contributed by atoms with E-state index in [1.54, 1.807) is 34.9 Å². The van der Waals surface area contributed by atoms with Crippen LogP contribution in [0.1, 0.15) is 31.9 Å². The van der Waals surface area contributed by atoms with Crippen molar-refractivity contribution < 1.29 is 19.1 Å². The Balaban J connectivity index is 1.82. The molecule has 0 bridgehead atoms. The molecule has 2 atom stereocenters. The summed E-state index contributed by atoms with van der Waals surface area (Å²) in [5.74, 6) is -1.09. The number of rotatable bonds is 10. The molecule has 0 saturated heterocycles. The summed E-state index contributed by atoms with van der Waals surface area (Å²) >= 11 is 0. The molecule has 0 aromatic heterocycles. The van der Waals surface area contributed by atoms with Crippen molar-refractivity contribution in [1.82, 2.24) is 15.5 Å². The van der Waals surface area contributed by atoms with Crippen molar-refractivity contribution >= 4 is 17.9 Å². The highest BCUT2D eigenvalue weighted by molar-refractivity contribution is 5.89. The van der Waals surface area contributed by atoms with Crippen molar-refractivity contribution in [3.05, 3.63) is 96.1 Å². The van der Waals surface area contributed by atoms with Gasteiger partial charge in [0.25, 0.3) is 0 Å². The molecule has 0 aliphatic heterocycles. The maximum absolute atomic E-state index is 13.8. The van der Waals surface area contributed by atoms with E-state index in [0.29, 0.717) is 12.8 Å². The number of hydrogen-bond donors (Lipinski definition) is 2. The van der Waals surface area contributed by atoms with Crippen LogP contribution in [-0.4, -0.2) is 55.1 Å². The molecule has 0 saturated carbocycles. The molecule has 7 heteroatoms. The number of likely N-dealkylation sites (N-methyl/N-ethyl adjacent to an activating group) is 2. The van der Waals surface area contributed by atoms with Crippen LogP contribution in [0.2, 0.25) is 0 Å². The average molecular weight is 530 g/mol. The molecule has 39 heavy (non-hydrogen) atoms. The van der Waals surface area contributed by atoms with Crippen LogP contribution in [0.25, 0.3) is 11.1 Å². The molecule has 0 fully saturated rings. The zero-order chi connectivity index (χ0) is 28.4. The summed E-state index contributed by atoms with van der Waals surface area (Å²) in [6.07, 6.45) is 0.176. The SMILES string of the molecule is CNC(=O)[C@@H](Cc1ccccc1)N(C)C(=O)[C@@H](CNC(=O)OC(C)(C)C)Cc1ccc(-c2ccccc2)cc1. The molecule has 206 valence electrons. The first-order valence-electron chi connectivity index (χ1n) is 13.2. The summed E-state index contributed by atoms with van der Waals surface area (Å²) in [4.78, 5) is 40.6. The highest BCUT2D eigenvalue weighted by Crippen LogP contribution is 2.22. The van der Waals surface area contributed by atoms with Gasteiger partial charge in [0, 0.05) is 27.1 Å². The fraction of sp³-hybridized carbons (Fsp3) is 0.344. The molecule has 3 rings (SSSR count). The molecule has 2 N–H and O–H groups in total. The third-order valence-electron chi connectivity index (χ3n) is 6.42. The lowest BCUT2D eigenvalue weighted by Crippen LogP contribution is -2.51. The van der Waals surface area contributed by atoms with E-state index in [1.165, 1.54) is 4.90 Å². The Labute approximate surface area is 231 Å². The third-order valence-corrected chi connectivity index (χ3v) is 6.42. The summed E-state index contributed by atoms with van der Waals surface area (Å²) < 4.78 is 5.39. The highest BCUT2D eigenvalue weighted by Gasteiger charge is 2.32. The second-order valence-corrected chi connectivity index (χ2v) is 10.6. The minimum absolute atomic E-state index is 0.0737. The van der Waals surface area contributed by atoms with Gasteiger partial charge in [-0.1, -0.05) is 84.9 Å². The van der Waals surface area contributed by atoms with Crippen LogP contribution >= 0.6 is 0 Å². The highest BCUT2D eigenvalue weighted by atomic mass is 16.6. The van der Waals surface area contributed by atoms with Gasteiger partial charge in [0.15, 0.2) is 0 Å². The maximum Gasteiger partial charge on any atom is 0.407 e. The number of amides is 3. The Morgan fingerprint density at radius 1 is 0.795 bits per heavy atom. The van der Waals surface area contributed by atoms with Gasteiger partial charge in [-0.05, 0) is 49.4 Å². The second-order valence-electron chi connectivity index (χ2n) is 10.6. The molecule has 0 radical (unpaired) electrons. The lowest BCUT2D eigenvalue weighted by Gasteiger charge is -2.31. The largest absolute Gasteiger partial charge is 0.444 e. The fourth-order valence-electron chi connectivity index (χ4n) is 4.37. The Morgan fingerprint density at radius 3 is 1.90 bits per heavy atom. The van der Waals surface area contributed by atoms with Gasteiger partial charge in [0.05, 0.1) is 5.92 Å². The zero-order valence-corrected chi connectivity index (χ0v) is 23.4. The van der Waals surface area contributed by atoms with E-state index in [0.717, 1.165) is 22.3 Å². The first-order chi connectivity index (χ1) is 18.6. The topological polar surface area (TPSA) is 87.7 Å². The van der Waals surface area contributed by atoms with Crippen molar-refractivity contribution in [2.45, 2.75) is 45.3 Å². The minimum Gasteiger partial charge on any atom is -0.444 e. The van der Waals surface area contributed by atoms with Crippen LogP contribution in [0.15, 0.2) is 84.9 Å². The van der Waals surface area contributed by atoms with Gasteiger partial charge in [-0.3, -0.25) is 9.59 Å². The standard InChI is InChI=1S/C32H39N3O4/c1-32(2,3)39-31(38)34-22-27(20-24-16-18-26(19-17-24)25-14-10-7-11-15-25)30(37)35(5)28(29(36)33-4)21-23-12-8-6-9-13-23/h6-19,27-28H,20-22H2,1-5H3,(H,33,36)(H,34,38)/t27-,28-/m1/s1. The molecule has 3 aromatic carbocycles. The Hall–Kier alpha value is -4.13. The summed E-state index contributed by atoms with van der Waals surface area (Å²) in [7, 11) is 3.21. The monoisotopic (exact) mass is 529 g/mol. The number of alkyl carbamates (subject to hydrolysis) is 1. The molecular weight excluding hydrogens is 490 g/mol. The predicted molar refractivity (Wildman–Crippen MR) is 154 cm³/mol. The number of carbonyl (C=O) groups is 3. The van der Waals surface area contributed by atoms with Gasteiger partial charge in [-0.25, -0.2) is 4.79 Å². The van der Waals surface area contributed by atoms with Crippen molar-refractivity contribution in [2.75, 3.05) is 20.6 Å². The number of nitrogens with zero attached hydrogens (tertiary/aromatic N) is 1. The maximum atomic E-state index is 13.8. The van der Waals surface area contributed by atoms with Crippen LogP contribution in [0.5, 0.6) is 0 Å². The van der Waals surface area contributed by atoms with Crippen molar-refractivity contribution in [1.29, 1.82) is 0 Å². The van der Waals surface area contributed by atoms with Gasteiger partial charge < -0.3 is 20.3 Å². The van der Waals surface area contributed by atoms with E-state index in [9.17, 15) is 14.4 Å². The molecule has 0 aliphatic rings. The molecule has 0 spiro atoms. The smallest absolute Gasteiger partial charge is 0.407 e. The summed E-state index contributed by atoms with van der Waals surface area (Å²) in [5, 5.41) is 5.44. The van der Waals surface area contributed by atoms with Crippen molar-refractivity contribution in [3.8, 4) is 11.1 Å². The number of hydrogen-bond acceptors (Lipinski definition) is 4. The van der Waals surface area contributed by atoms with Gasteiger partial charge >= 0.3 is 6.09 Å². The Morgan fingerprint density at radius 2 is 1.33 bits per heavy atom. The molecule has 3 amide bonds. The number of ether oxygens (including phenoxy) is 1. The summed E-state index contributed by atoms with van der Waals surface area (Å²) in [6, 6.07) is 27.0. The molecule has 0 unspecified atom stereocenters. The lowest BCUT2D eigenvalue weighted by molar-refractivity contribution is -0.141. The normalized spacial score (nSPS) is 12.6. The summed E-state index contributed by atoms with van der Waals surface area (Å²) in [5.41, 5.74) is 3.43. The van der Waals surface area contributed by atoms with Crippen LogP contribution in [-0.2, 0) is 27.2 Å². The van der Waals surface area contributed by atoms with Crippen LogP contribution in [0.4, 0.5) is 4.79 Å². The molecule has 0 heterocycles. The second kappa shape index (κ2) is 13.6. The van der Waals surface area contributed by atoms with Gasteiger partial charge in [-0.15, -0.1) is 0 Å².